The van der Waals surface area contributed by atoms with E-state index in [4.69, 9.17) is 0 Å². The fourth-order valence-corrected chi connectivity index (χ4v) is 1.03. The minimum atomic E-state index is 0.863. The van der Waals surface area contributed by atoms with Crippen molar-refractivity contribution in [2.45, 2.75) is 6.42 Å². The summed E-state index contributed by atoms with van der Waals surface area (Å²) in [4.78, 5) is 0. The van der Waals surface area contributed by atoms with Crippen molar-refractivity contribution in [1.29, 1.82) is 0 Å². The Morgan fingerprint density at radius 2 is 2.12 bits per heavy atom. The Kier molecular flexibility index (Phi) is 1.34. The maximum atomic E-state index is 4.12. The third kappa shape index (κ3) is 0.892. The van der Waals surface area contributed by atoms with E-state index in [2.05, 4.69) is 26.0 Å². The van der Waals surface area contributed by atoms with E-state index in [0.29, 0.717) is 0 Å². The first kappa shape index (κ1) is 5.76. The molecule has 0 aromatic carbocycles. The molecule has 0 radical (unpaired) electrons. The molecular weight excluding hydrogens is 118 g/mol. The van der Waals surface area contributed by atoms with Gasteiger partial charge >= 0.3 is 0 Å². The minimum absolute atomic E-state index is 0.863. The molecular formula is C6H9NS. The van der Waals surface area contributed by atoms with Gasteiger partial charge in [-0.2, -0.15) is 0 Å². The van der Waals surface area contributed by atoms with Crippen molar-refractivity contribution in [3.63, 3.8) is 0 Å². The maximum absolute atomic E-state index is 4.12. The molecule has 1 aliphatic heterocycles. The Morgan fingerprint density at radius 1 is 1.50 bits per heavy atom. The molecule has 0 unspecified atom stereocenters. The molecule has 1 rings (SSSR count). The van der Waals surface area contributed by atoms with Gasteiger partial charge in [0.05, 0.1) is 6.54 Å². The lowest BCUT2D eigenvalue weighted by Crippen LogP contribution is -2.01. The summed E-state index contributed by atoms with van der Waals surface area (Å²) >= 11 is 4.12. The topological polar surface area (TPSA) is 3.24 Å². The first-order valence-electron chi connectivity index (χ1n) is 2.51. The molecule has 1 nitrogen and oxygen atoms in total. The zero-order valence-electron chi connectivity index (χ0n) is 4.72. The third-order valence-corrected chi connectivity index (χ3v) is 1.62. The van der Waals surface area contributed by atoms with Gasteiger partial charge in [0.2, 0.25) is 0 Å². The molecule has 1 fully saturated rings. The van der Waals surface area contributed by atoms with Crippen molar-refractivity contribution >= 4 is 12.8 Å². The standard InChI is InChI=1S/C6H9NS/c1-5-3-6(2)7(8)4-5/h8H,1-4H2. The summed E-state index contributed by atoms with van der Waals surface area (Å²) < 4.78 is 1.82. The van der Waals surface area contributed by atoms with Crippen molar-refractivity contribution in [3.05, 3.63) is 24.4 Å². The summed E-state index contributed by atoms with van der Waals surface area (Å²) in [6.45, 7) is 8.44. The SMILES string of the molecule is C=C1CC(=C)N(S)C1. The fourth-order valence-electron chi connectivity index (χ4n) is 0.759. The smallest absolute Gasteiger partial charge is 0.0501 e. The molecule has 2 heteroatoms. The lowest BCUT2D eigenvalue weighted by atomic mass is 10.2. The van der Waals surface area contributed by atoms with Crippen molar-refractivity contribution in [2.24, 2.45) is 0 Å². The summed E-state index contributed by atoms with van der Waals surface area (Å²) in [5, 5.41) is 0. The average molecular weight is 127 g/mol. The highest BCUT2D eigenvalue weighted by Gasteiger charge is 2.13. The molecule has 8 heavy (non-hydrogen) atoms. The van der Waals surface area contributed by atoms with Crippen molar-refractivity contribution in [3.8, 4) is 0 Å². The molecule has 0 N–H and O–H groups in total. The molecule has 0 amide bonds. The highest BCUT2D eigenvalue weighted by molar-refractivity contribution is 7.77. The zero-order chi connectivity index (χ0) is 6.15. The van der Waals surface area contributed by atoms with Crippen LogP contribution in [-0.4, -0.2) is 10.8 Å². The van der Waals surface area contributed by atoms with Crippen LogP contribution >= 0.6 is 12.8 Å². The summed E-state index contributed by atoms with van der Waals surface area (Å²) in [5.74, 6) is 0. The summed E-state index contributed by atoms with van der Waals surface area (Å²) in [5.41, 5.74) is 2.25. The van der Waals surface area contributed by atoms with E-state index in [1.807, 2.05) is 4.31 Å². The minimum Gasteiger partial charge on any atom is -0.319 e. The Balaban J connectivity index is 2.64. The predicted molar refractivity (Wildman–Crippen MR) is 38.6 cm³/mol. The van der Waals surface area contributed by atoms with Crippen LogP contribution in [0.3, 0.4) is 0 Å². The van der Waals surface area contributed by atoms with Crippen LogP contribution in [0.4, 0.5) is 0 Å². The summed E-state index contributed by atoms with van der Waals surface area (Å²) in [6.07, 6.45) is 0.920. The van der Waals surface area contributed by atoms with Crippen LogP contribution in [0.1, 0.15) is 6.42 Å². The number of thiol groups is 1. The number of allylic oxidation sites excluding steroid dienone is 1. The van der Waals surface area contributed by atoms with E-state index in [1.54, 1.807) is 0 Å². The van der Waals surface area contributed by atoms with E-state index in [9.17, 15) is 0 Å². The summed E-state index contributed by atoms with van der Waals surface area (Å²) in [6, 6.07) is 0. The number of hydrogen-bond acceptors (Lipinski definition) is 2. The molecule has 1 heterocycles. The van der Waals surface area contributed by atoms with Gasteiger partial charge in [-0.05, 0) is 0 Å². The van der Waals surface area contributed by atoms with Crippen LogP contribution in [0.25, 0.3) is 0 Å². The van der Waals surface area contributed by atoms with Gasteiger partial charge in [0.25, 0.3) is 0 Å². The highest BCUT2D eigenvalue weighted by atomic mass is 32.1. The number of hydrogen-bond donors (Lipinski definition) is 1. The maximum Gasteiger partial charge on any atom is 0.0501 e. The molecule has 0 atom stereocenters. The van der Waals surface area contributed by atoms with Crippen LogP contribution < -0.4 is 0 Å². The van der Waals surface area contributed by atoms with Gasteiger partial charge in [-0.3, -0.25) is 0 Å². The van der Waals surface area contributed by atoms with Crippen molar-refractivity contribution < 1.29 is 0 Å². The molecule has 0 aliphatic carbocycles. The van der Waals surface area contributed by atoms with Crippen LogP contribution in [0.2, 0.25) is 0 Å². The quantitative estimate of drug-likeness (QED) is 0.382. The molecule has 0 spiro atoms. The molecule has 0 saturated carbocycles. The largest absolute Gasteiger partial charge is 0.319 e. The predicted octanol–water partition coefficient (Wildman–Crippen LogP) is 1.61. The van der Waals surface area contributed by atoms with E-state index >= 15 is 0 Å². The second-order valence-electron chi connectivity index (χ2n) is 2.05. The van der Waals surface area contributed by atoms with E-state index in [0.717, 1.165) is 18.7 Å². The Bertz CT molecular complexity index is 139. The van der Waals surface area contributed by atoms with Gasteiger partial charge in [-0.1, -0.05) is 31.5 Å². The Labute approximate surface area is 55.2 Å². The van der Waals surface area contributed by atoms with Gasteiger partial charge in [0, 0.05) is 12.1 Å². The fraction of sp³-hybridized carbons (Fsp3) is 0.333. The van der Waals surface area contributed by atoms with Crippen LogP contribution in [0, 0.1) is 0 Å². The molecule has 1 aliphatic rings. The van der Waals surface area contributed by atoms with Gasteiger partial charge < -0.3 is 4.31 Å². The molecule has 0 aromatic heterocycles. The average Bonchev–Trinajstić information content (AvgIpc) is 1.85. The third-order valence-electron chi connectivity index (χ3n) is 1.19. The monoisotopic (exact) mass is 127 g/mol. The Hall–Kier alpha value is -0.370. The second kappa shape index (κ2) is 1.86. The second-order valence-corrected chi connectivity index (χ2v) is 2.53. The first-order chi connectivity index (χ1) is 3.70. The zero-order valence-corrected chi connectivity index (χ0v) is 5.62. The number of rotatable bonds is 0. The van der Waals surface area contributed by atoms with Crippen molar-refractivity contribution in [1.82, 2.24) is 4.31 Å². The van der Waals surface area contributed by atoms with Gasteiger partial charge in [0.15, 0.2) is 0 Å². The summed E-state index contributed by atoms with van der Waals surface area (Å²) in [7, 11) is 0. The molecule has 1 saturated heterocycles. The van der Waals surface area contributed by atoms with E-state index in [-0.39, 0.29) is 0 Å². The Morgan fingerprint density at radius 3 is 2.25 bits per heavy atom. The molecule has 0 bridgehead atoms. The highest BCUT2D eigenvalue weighted by Crippen LogP contribution is 2.23. The first-order valence-corrected chi connectivity index (χ1v) is 2.91. The van der Waals surface area contributed by atoms with E-state index < -0.39 is 0 Å². The molecule has 0 aromatic rings. The lowest BCUT2D eigenvalue weighted by molar-refractivity contribution is 0.696. The van der Waals surface area contributed by atoms with Crippen LogP contribution in [0.15, 0.2) is 24.4 Å². The van der Waals surface area contributed by atoms with Gasteiger partial charge in [-0.15, -0.1) is 0 Å². The number of nitrogens with zero attached hydrogens (tertiary/aromatic N) is 1. The molecule has 44 valence electrons. The van der Waals surface area contributed by atoms with Gasteiger partial charge in [-0.25, -0.2) is 0 Å². The van der Waals surface area contributed by atoms with Crippen LogP contribution in [-0.2, 0) is 0 Å². The van der Waals surface area contributed by atoms with Crippen LogP contribution in [0.5, 0.6) is 0 Å². The lowest BCUT2D eigenvalue weighted by Gasteiger charge is -2.06. The van der Waals surface area contributed by atoms with Gasteiger partial charge in [0.1, 0.15) is 0 Å². The van der Waals surface area contributed by atoms with E-state index in [1.165, 1.54) is 5.57 Å². The van der Waals surface area contributed by atoms with Crippen molar-refractivity contribution in [2.75, 3.05) is 6.54 Å². The normalized spacial score (nSPS) is 20.4.